The van der Waals surface area contributed by atoms with Crippen LogP contribution in [0.15, 0.2) is 48.9 Å². The molecule has 0 unspecified atom stereocenters. The Morgan fingerprint density at radius 3 is 2.65 bits per heavy atom. The van der Waals surface area contributed by atoms with Gasteiger partial charge < -0.3 is 29.0 Å². The van der Waals surface area contributed by atoms with Gasteiger partial charge in [0.05, 0.1) is 30.7 Å². The number of ether oxygens (including phenoxy) is 3. The summed E-state index contributed by atoms with van der Waals surface area (Å²) < 4.78 is 39.2. The van der Waals surface area contributed by atoms with Crippen molar-refractivity contribution >= 4 is 24.4 Å². The summed E-state index contributed by atoms with van der Waals surface area (Å²) in [7, 11) is -3.47. The van der Waals surface area contributed by atoms with E-state index in [9.17, 15) is 4.57 Å². The highest BCUT2D eigenvalue weighted by Crippen LogP contribution is 2.44. The van der Waals surface area contributed by atoms with Gasteiger partial charge in [-0.05, 0) is 44.9 Å². The first-order valence-corrected chi connectivity index (χ1v) is 13.3. The molecule has 11 heteroatoms. The van der Waals surface area contributed by atoms with Crippen LogP contribution in [0, 0.1) is 0 Å². The molecule has 0 radical (unpaired) electrons. The average Bonchev–Trinajstić information content (AvgIpc) is 3.04. The second kappa shape index (κ2) is 11.3. The van der Waals surface area contributed by atoms with Crippen LogP contribution in [0.3, 0.4) is 0 Å². The van der Waals surface area contributed by atoms with E-state index in [0.29, 0.717) is 42.4 Å². The number of nitrogen functional groups attached to an aromatic ring is 1. The molecule has 2 aromatic heterocycles. The highest BCUT2D eigenvalue weighted by Gasteiger charge is 2.33. The lowest BCUT2D eigenvalue weighted by atomic mass is 10.3. The molecule has 3 aromatic rings. The molecule has 0 bridgehead atoms. The van der Waals surface area contributed by atoms with E-state index in [4.69, 9.17) is 24.5 Å². The van der Waals surface area contributed by atoms with Crippen molar-refractivity contribution in [3.8, 4) is 5.75 Å². The predicted octanol–water partition coefficient (Wildman–Crippen LogP) is 3.78. The number of rotatable bonds is 10. The minimum absolute atomic E-state index is 0.137. The molecule has 0 spiro atoms. The molecule has 0 saturated carbocycles. The fourth-order valence-corrected chi connectivity index (χ4v) is 5.56. The summed E-state index contributed by atoms with van der Waals surface area (Å²) in [5.74, 6) is 0.491. The average molecular weight is 490 g/mol. The number of aromatic nitrogens is 3. The van der Waals surface area contributed by atoms with Crippen LogP contribution < -0.4 is 15.3 Å². The molecule has 1 aromatic carbocycles. The zero-order valence-corrected chi connectivity index (χ0v) is 20.4. The number of benzene rings is 1. The molecule has 4 rings (SSSR count). The quantitative estimate of drug-likeness (QED) is 0.410. The van der Waals surface area contributed by atoms with E-state index in [2.05, 4.69) is 15.1 Å². The van der Waals surface area contributed by atoms with Gasteiger partial charge in [-0.1, -0.05) is 18.2 Å². The molecule has 3 atom stereocenters. The summed E-state index contributed by atoms with van der Waals surface area (Å²) >= 11 is 0. The second-order valence-corrected chi connectivity index (χ2v) is 10.4. The maximum Gasteiger partial charge on any atom is 0.342 e. The number of imidazole rings is 1. The third kappa shape index (κ3) is 6.34. The van der Waals surface area contributed by atoms with Crippen molar-refractivity contribution < 1.29 is 23.3 Å². The zero-order chi connectivity index (χ0) is 24.0. The van der Waals surface area contributed by atoms with Crippen LogP contribution in [0.4, 0.5) is 5.69 Å². The minimum atomic E-state index is -3.47. The Kier molecular flexibility index (Phi) is 8.18. The van der Waals surface area contributed by atoms with Gasteiger partial charge in [0, 0.05) is 19.4 Å². The van der Waals surface area contributed by atoms with Crippen LogP contribution in [0.2, 0.25) is 0 Å². The van der Waals surface area contributed by atoms with E-state index in [0.717, 1.165) is 12.8 Å². The molecule has 0 amide bonds. The van der Waals surface area contributed by atoms with Gasteiger partial charge in [-0.25, -0.2) is 15.1 Å². The van der Waals surface area contributed by atoms with E-state index < -0.39 is 13.8 Å². The summed E-state index contributed by atoms with van der Waals surface area (Å²) in [6, 6.07) is 10.4. The number of fused-ring (bicyclic) bond motifs is 1. The van der Waals surface area contributed by atoms with Gasteiger partial charge in [-0.15, -0.1) is 0 Å². The lowest BCUT2D eigenvalue weighted by Crippen LogP contribution is -2.40. The standard InChI is InChI=1S/C23H32N5O5P/c1-17(14-28-15-26-21-20(24)10-11-25-22(21)28)32-16-34(29,33-19-8-4-3-5-9-19)27-18(2)23-30-12-6-7-13-31-23/h3-5,8-11,15,17-18,23H,6-7,12-14,16H2,1-2H3,(H2,24,25)(H,27,29)/t17-,18-,34+/m1/s1. The largest absolute Gasteiger partial charge is 0.431 e. The molecule has 1 fully saturated rings. The summed E-state index contributed by atoms with van der Waals surface area (Å²) in [6.07, 6.45) is 4.25. The lowest BCUT2D eigenvalue weighted by Gasteiger charge is -2.29. The van der Waals surface area contributed by atoms with Gasteiger partial charge in [0.15, 0.2) is 11.9 Å². The molecule has 3 heterocycles. The highest BCUT2D eigenvalue weighted by atomic mass is 31.2. The van der Waals surface area contributed by atoms with Crippen molar-refractivity contribution in [3.63, 3.8) is 0 Å². The maximum absolute atomic E-state index is 13.9. The van der Waals surface area contributed by atoms with E-state index in [1.54, 1.807) is 30.7 Å². The monoisotopic (exact) mass is 489 g/mol. The van der Waals surface area contributed by atoms with Gasteiger partial charge in [0.1, 0.15) is 17.6 Å². The normalized spacial score (nSPS) is 18.8. The third-order valence-electron chi connectivity index (χ3n) is 5.42. The van der Waals surface area contributed by atoms with Gasteiger partial charge in [-0.2, -0.15) is 0 Å². The number of pyridine rings is 1. The Morgan fingerprint density at radius 2 is 1.91 bits per heavy atom. The topological polar surface area (TPSA) is 123 Å². The fourth-order valence-electron chi connectivity index (χ4n) is 3.72. The Balaban J connectivity index is 1.43. The van der Waals surface area contributed by atoms with Crippen molar-refractivity contribution in [2.24, 2.45) is 0 Å². The molecule has 184 valence electrons. The molecular weight excluding hydrogens is 457 g/mol. The number of anilines is 1. The predicted molar refractivity (Wildman–Crippen MR) is 130 cm³/mol. The Morgan fingerprint density at radius 1 is 1.18 bits per heavy atom. The Hall–Kier alpha value is -2.49. The summed E-state index contributed by atoms with van der Waals surface area (Å²) in [5.41, 5.74) is 7.87. The fraction of sp³-hybridized carbons (Fsp3) is 0.478. The van der Waals surface area contributed by atoms with Crippen molar-refractivity contribution in [3.05, 3.63) is 48.9 Å². The number of hydrogen-bond donors (Lipinski definition) is 2. The first-order valence-electron chi connectivity index (χ1n) is 11.5. The number of nitrogens with zero attached hydrogens (tertiary/aromatic N) is 3. The van der Waals surface area contributed by atoms with Crippen LogP contribution in [-0.2, 0) is 25.3 Å². The highest BCUT2D eigenvalue weighted by molar-refractivity contribution is 7.57. The molecule has 1 aliphatic rings. The third-order valence-corrected chi connectivity index (χ3v) is 7.22. The second-order valence-electron chi connectivity index (χ2n) is 8.39. The lowest BCUT2D eigenvalue weighted by molar-refractivity contribution is -0.138. The van der Waals surface area contributed by atoms with E-state index in [1.165, 1.54) is 0 Å². The van der Waals surface area contributed by atoms with Crippen LogP contribution in [-0.4, -0.2) is 52.5 Å². The first kappa shape index (κ1) is 24.6. The van der Waals surface area contributed by atoms with Crippen molar-refractivity contribution in [2.45, 2.75) is 51.7 Å². The molecule has 1 saturated heterocycles. The van der Waals surface area contributed by atoms with Crippen LogP contribution in [0.25, 0.3) is 11.2 Å². The zero-order valence-electron chi connectivity index (χ0n) is 19.5. The van der Waals surface area contributed by atoms with Crippen molar-refractivity contribution in [1.29, 1.82) is 0 Å². The van der Waals surface area contributed by atoms with E-state index >= 15 is 0 Å². The SMILES string of the molecule is C[C@H](Cn1cnc2c(N)ccnc21)OC[P@@](=O)(N[C@H](C)C1OCCCCO1)Oc1ccccc1. The molecular formula is C23H32N5O5P. The summed E-state index contributed by atoms with van der Waals surface area (Å²) in [5, 5.41) is 3.10. The van der Waals surface area contributed by atoms with Crippen molar-refractivity contribution in [1.82, 2.24) is 19.6 Å². The number of hydrogen-bond acceptors (Lipinski definition) is 8. The van der Waals surface area contributed by atoms with E-state index in [1.807, 2.05) is 36.6 Å². The summed E-state index contributed by atoms with van der Waals surface area (Å²) in [4.78, 5) is 8.70. The van der Waals surface area contributed by atoms with Crippen molar-refractivity contribution in [2.75, 3.05) is 25.3 Å². The minimum Gasteiger partial charge on any atom is -0.431 e. The number of nitrogens with one attached hydrogen (secondary N) is 1. The first-order chi connectivity index (χ1) is 16.4. The number of nitrogens with two attached hydrogens (primary N) is 1. The van der Waals surface area contributed by atoms with Gasteiger partial charge in [-0.3, -0.25) is 4.57 Å². The van der Waals surface area contributed by atoms with Gasteiger partial charge in [0.25, 0.3) is 0 Å². The molecule has 3 N–H and O–H groups in total. The summed E-state index contributed by atoms with van der Waals surface area (Å²) in [6.45, 7) is 5.43. The Bertz CT molecular complexity index is 1100. The van der Waals surface area contributed by atoms with E-state index in [-0.39, 0.29) is 18.5 Å². The van der Waals surface area contributed by atoms with Crippen LogP contribution in [0.1, 0.15) is 26.7 Å². The maximum atomic E-state index is 13.9. The smallest absolute Gasteiger partial charge is 0.342 e. The number of para-hydroxylation sites is 1. The van der Waals surface area contributed by atoms with Gasteiger partial charge in [0.2, 0.25) is 0 Å². The molecule has 0 aliphatic carbocycles. The van der Waals surface area contributed by atoms with Gasteiger partial charge >= 0.3 is 7.52 Å². The van der Waals surface area contributed by atoms with Crippen LogP contribution >= 0.6 is 7.52 Å². The Labute approximate surface area is 199 Å². The molecule has 1 aliphatic heterocycles. The van der Waals surface area contributed by atoms with Crippen LogP contribution in [0.5, 0.6) is 5.75 Å². The molecule has 10 nitrogen and oxygen atoms in total. The molecule has 34 heavy (non-hydrogen) atoms.